The fourth-order valence-corrected chi connectivity index (χ4v) is 2.59. The molecule has 0 bridgehead atoms. The second-order valence-corrected chi connectivity index (χ2v) is 5.73. The molecular formula is C20H18N2O2. The van der Waals surface area contributed by atoms with Crippen molar-refractivity contribution in [3.05, 3.63) is 89.1 Å². The number of carboxylic acid groups (broad SMARTS) is 1. The summed E-state index contributed by atoms with van der Waals surface area (Å²) in [7, 11) is 0. The molecule has 0 atom stereocenters. The summed E-state index contributed by atoms with van der Waals surface area (Å²) in [5.41, 5.74) is 4.59. The Morgan fingerprint density at radius 3 is 2.62 bits per heavy atom. The van der Waals surface area contributed by atoms with Crippen molar-refractivity contribution in [1.29, 1.82) is 0 Å². The molecule has 1 heterocycles. The van der Waals surface area contributed by atoms with Crippen LogP contribution in [-0.4, -0.2) is 16.1 Å². The van der Waals surface area contributed by atoms with Crippen molar-refractivity contribution in [3.8, 4) is 0 Å². The standard InChI is InChI=1S/C20H18N2O2/c1-14-4-2-5-15(10-14)11-16-8-9-21-19(12-16)22-18-7-3-6-17(13-18)20(23)24/h2-10,12-13H,11H2,1H3,(H,21,22)(H,23,24). The van der Waals surface area contributed by atoms with Gasteiger partial charge in [0, 0.05) is 11.9 Å². The van der Waals surface area contributed by atoms with Gasteiger partial charge >= 0.3 is 5.97 Å². The van der Waals surface area contributed by atoms with Crippen LogP contribution in [0, 0.1) is 6.92 Å². The molecule has 0 saturated heterocycles. The summed E-state index contributed by atoms with van der Waals surface area (Å²) < 4.78 is 0. The predicted molar refractivity (Wildman–Crippen MR) is 94.9 cm³/mol. The molecule has 24 heavy (non-hydrogen) atoms. The molecule has 2 aromatic carbocycles. The van der Waals surface area contributed by atoms with Crippen molar-refractivity contribution < 1.29 is 9.90 Å². The smallest absolute Gasteiger partial charge is 0.335 e. The molecule has 0 unspecified atom stereocenters. The van der Waals surface area contributed by atoms with Crippen LogP contribution in [0.2, 0.25) is 0 Å². The summed E-state index contributed by atoms with van der Waals surface area (Å²) >= 11 is 0. The molecule has 0 aliphatic heterocycles. The average molecular weight is 318 g/mol. The maximum Gasteiger partial charge on any atom is 0.335 e. The third-order valence-electron chi connectivity index (χ3n) is 3.70. The first-order valence-corrected chi connectivity index (χ1v) is 7.71. The number of hydrogen-bond donors (Lipinski definition) is 2. The van der Waals surface area contributed by atoms with Gasteiger partial charge in [-0.15, -0.1) is 0 Å². The van der Waals surface area contributed by atoms with Crippen LogP contribution in [0.15, 0.2) is 66.9 Å². The Morgan fingerprint density at radius 1 is 1.04 bits per heavy atom. The summed E-state index contributed by atoms with van der Waals surface area (Å²) in [6.07, 6.45) is 2.59. The van der Waals surface area contributed by atoms with E-state index in [-0.39, 0.29) is 5.56 Å². The lowest BCUT2D eigenvalue weighted by atomic mass is 10.0. The summed E-state index contributed by atoms with van der Waals surface area (Å²) in [6.45, 7) is 2.08. The third-order valence-corrected chi connectivity index (χ3v) is 3.70. The van der Waals surface area contributed by atoms with Crippen molar-refractivity contribution >= 4 is 17.5 Å². The largest absolute Gasteiger partial charge is 0.478 e. The molecule has 0 aliphatic rings. The van der Waals surface area contributed by atoms with Gasteiger partial charge in [0.1, 0.15) is 5.82 Å². The Bertz CT molecular complexity index is 875. The van der Waals surface area contributed by atoms with E-state index in [1.807, 2.05) is 18.2 Å². The first kappa shape index (κ1) is 15.7. The number of aromatic carboxylic acids is 1. The van der Waals surface area contributed by atoms with Crippen LogP contribution < -0.4 is 5.32 Å². The highest BCUT2D eigenvalue weighted by molar-refractivity contribution is 5.89. The van der Waals surface area contributed by atoms with Gasteiger partial charge in [-0.1, -0.05) is 35.9 Å². The van der Waals surface area contributed by atoms with Gasteiger partial charge in [-0.2, -0.15) is 0 Å². The van der Waals surface area contributed by atoms with Crippen LogP contribution in [0.5, 0.6) is 0 Å². The van der Waals surface area contributed by atoms with Crippen molar-refractivity contribution in [2.45, 2.75) is 13.3 Å². The first-order valence-electron chi connectivity index (χ1n) is 7.71. The molecule has 0 amide bonds. The fourth-order valence-electron chi connectivity index (χ4n) is 2.59. The average Bonchev–Trinajstić information content (AvgIpc) is 2.55. The summed E-state index contributed by atoms with van der Waals surface area (Å²) in [5, 5.41) is 12.2. The summed E-state index contributed by atoms with van der Waals surface area (Å²) in [6, 6.07) is 19.1. The Labute approximate surface area is 140 Å². The molecule has 120 valence electrons. The Morgan fingerprint density at radius 2 is 1.83 bits per heavy atom. The molecule has 3 rings (SSSR count). The third kappa shape index (κ3) is 3.98. The van der Waals surface area contributed by atoms with Gasteiger partial charge < -0.3 is 10.4 Å². The number of aryl methyl sites for hydroxylation is 1. The number of carboxylic acids is 1. The number of nitrogens with one attached hydrogen (secondary N) is 1. The molecule has 0 spiro atoms. The molecule has 3 aromatic rings. The zero-order chi connectivity index (χ0) is 16.9. The Kier molecular flexibility index (Phi) is 4.57. The molecule has 0 aliphatic carbocycles. The highest BCUT2D eigenvalue weighted by Gasteiger charge is 2.05. The minimum absolute atomic E-state index is 0.246. The maximum absolute atomic E-state index is 11.0. The summed E-state index contributed by atoms with van der Waals surface area (Å²) in [5.74, 6) is -0.248. The van der Waals surface area contributed by atoms with Crippen LogP contribution in [0.4, 0.5) is 11.5 Å². The molecular weight excluding hydrogens is 300 g/mol. The number of rotatable bonds is 5. The van der Waals surface area contributed by atoms with Crippen LogP contribution in [-0.2, 0) is 6.42 Å². The number of pyridine rings is 1. The van der Waals surface area contributed by atoms with Crippen LogP contribution in [0.1, 0.15) is 27.0 Å². The van der Waals surface area contributed by atoms with E-state index in [2.05, 4.69) is 41.5 Å². The molecule has 4 nitrogen and oxygen atoms in total. The predicted octanol–water partition coefficient (Wildman–Crippen LogP) is 4.42. The number of anilines is 2. The van der Waals surface area contributed by atoms with Gasteiger partial charge in [-0.25, -0.2) is 9.78 Å². The Hall–Kier alpha value is -3.14. The van der Waals surface area contributed by atoms with Crippen molar-refractivity contribution in [1.82, 2.24) is 4.98 Å². The highest BCUT2D eigenvalue weighted by Crippen LogP contribution is 2.18. The van der Waals surface area contributed by atoms with Crippen molar-refractivity contribution in [2.24, 2.45) is 0 Å². The topological polar surface area (TPSA) is 62.2 Å². The number of aromatic nitrogens is 1. The second-order valence-electron chi connectivity index (χ2n) is 5.73. The van der Waals surface area contributed by atoms with Gasteiger partial charge in [-0.05, 0) is 54.8 Å². The van der Waals surface area contributed by atoms with Crippen LogP contribution in [0.25, 0.3) is 0 Å². The van der Waals surface area contributed by atoms with E-state index in [4.69, 9.17) is 5.11 Å². The number of nitrogens with zero attached hydrogens (tertiary/aromatic N) is 1. The molecule has 2 N–H and O–H groups in total. The normalized spacial score (nSPS) is 10.4. The minimum atomic E-state index is -0.945. The molecule has 0 saturated carbocycles. The molecule has 1 aromatic heterocycles. The number of hydrogen-bond acceptors (Lipinski definition) is 3. The van der Waals surface area contributed by atoms with E-state index in [0.717, 1.165) is 12.0 Å². The SMILES string of the molecule is Cc1cccc(Cc2ccnc(Nc3cccc(C(=O)O)c3)c2)c1. The van der Waals surface area contributed by atoms with Crippen LogP contribution in [0.3, 0.4) is 0 Å². The van der Waals surface area contributed by atoms with E-state index in [1.165, 1.54) is 11.1 Å². The van der Waals surface area contributed by atoms with Gasteiger partial charge in [0.2, 0.25) is 0 Å². The van der Waals surface area contributed by atoms with Crippen LogP contribution >= 0.6 is 0 Å². The van der Waals surface area contributed by atoms with E-state index in [1.54, 1.807) is 24.4 Å². The summed E-state index contributed by atoms with van der Waals surface area (Å²) in [4.78, 5) is 15.4. The van der Waals surface area contributed by atoms with Gasteiger partial charge in [0.15, 0.2) is 0 Å². The molecule has 0 radical (unpaired) electrons. The van der Waals surface area contributed by atoms with E-state index >= 15 is 0 Å². The van der Waals surface area contributed by atoms with Crippen molar-refractivity contribution in [3.63, 3.8) is 0 Å². The van der Waals surface area contributed by atoms with Crippen molar-refractivity contribution in [2.75, 3.05) is 5.32 Å². The quantitative estimate of drug-likeness (QED) is 0.731. The molecule has 0 fully saturated rings. The lowest BCUT2D eigenvalue weighted by Crippen LogP contribution is -1.99. The zero-order valence-corrected chi connectivity index (χ0v) is 13.4. The lowest BCUT2D eigenvalue weighted by molar-refractivity contribution is 0.0697. The number of benzene rings is 2. The van der Waals surface area contributed by atoms with Gasteiger partial charge in [0.05, 0.1) is 5.56 Å². The van der Waals surface area contributed by atoms with E-state index < -0.39 is 5.97 Å². The Balaban J connectivity index is 1.78. The zero-order valence-electron chi connectivity index (χ0n) is 13.4. The molecule has 4 heteroatoms. The highest BCUT2D eigenvalue weighted by atomic mass is 16.4. The second kappa shape index (κ2) is 6.96. The number of carbonyl (C=O) groups is 1. The maximum atomic E-state index is 11.0. The van der Waals surface area contributed by atoms with E-state index in [0.29, 0.717) is 11.5 Å². The van der Waals surface area contributed by atoms with Gasteiger partial charge in [-0.3, -0.25) is 0 Å². The van der Waals surface area contributed by atoms with Gasteiger partial charge in [0.25, 0.3) is 0 Å². The fraction of sp³-hybridized carbons (Fsp3) is 0.100. The minimum Gasteiger partial charge on any atom is -0.478 e. The lowest BCUT2D eigenvalue weighted by Gasteiger charge is -2.09. The van der Waals surface area contributed by atoms with E-state index in [9.17, 15) is 4.79 Å². The monoisotopic (exact) mass is 318 g/mol. The first-order chi connectivity index (χ1) is 11.6.